The zero-order valence-electron chi connectivity index (χ0n) is 7.95. The van der Waals surface area contributed by atoms with E-state index in [1.165, 1.54) is 24.3 Å². The molecule has 84 valence electrons. The Morgan fingerprint density at radius 2 is 1.69 bits per heavy atom. The molecule has 1 aliphatic rings. The third-order valence-electron chi connectivity index (χ3n) is 2.54. The van der Waals surface area contributed by atoms with Crippen LogP contribution in [0.25, 0.3) is 5.57 Å². The summed E-state index contributed by atoms with van der Waals surface area (Å²) in [5.74, 6) is -6.12. The number of rotatable bonds is 2. The van der Waals surface area contributed by atoms with E-state index in [4.69, 9.17) is 5.11 Å². The van der Waals surface area contributed by atoms with E-state index in [9.17, 15) is 18.0 Å². The molecule has 0 saturated heterocycles. The summed E-state index contributed by atoms with van der Waals surface area (Å²) in [5.41, 5.74) is -3.96. The van der Waals surface area contributed by atoms with Crippen molar-refractivity contribution in [2.75, 3.05) is 0 Å². The van der Waals surface area contributed by atoms with Crippen LogP contribution in [-0.2, 0) is 4.79 Å². The van der Waals surface area contributed by atoms with Gasteiger partial charge in [-0.3, -0.25) is 0 Å². The third kappa shape index (κ3) is 1.17. The molecule has 1 N–H and O–H groups in total. The molecule has 0 bridgehead atoms. The number of carbonyl (C=O) groups is 1. The molecule has 1 aromatic rings. The van der Waals surface area contributed by atoms with Crippen molar-refractivity contribution in [2.45, 2.75) is 11.6 Å². The van der Waals surface area contributed by atoms with Gasteiger partial charge < -0.3 is 5.11 Å². The number of hydrogen-bond acceptors (Lipinski definition) is 1. The Labute approximate surface area is 89.0 Å². The fourth-order valence-electron chi connectivity index (χ4n) is 1.64. The Morgan fingerprint density at radius 1 is 1.12 bits per heavy atom. The first-order valence-corrected chi connectivity index (χ1v) is 4.48. The van der Waals surface area contributed by atoms with Gasteiger partial charge in [-0.2, -0.15) is 8.78 Å². The maximum absolute atomic E-state index is 13.7. The lowest BCUT2D eigenvalue weighted by molar-refractivity contribution is -0.168. The SMILES string of the molecule is O=C(O)C1(F)C(c2ccccc2)=CC1(F)F. The summed E-state index contributed by atoms with van der Waals surface area (Å²) in [6.45, 7) is 0. The van der Waals surface area contributed by atoms with Gasteiger partial charge >= 0.3 is 11.9 Å². The van der Waals surface area contributed by atoms with E-state index in [-0.39, 0.29) is 5.56 Å². The quantitative estimate of drug-likeness (QED) is 0.844. The fourth-order valence-corrected chi connectivity index (χ4v) is 1.64. The molecular formula is C11H7F3O2. The first kappa shape index (κ1) is 10.7. The van der Waals surface area contributed by atoms with Crippen molar-refractivity contribution < 1.29 is 23.1 Å². The number of hydrogen-bond donors (Lipinski definition) is 1. The Hall–Kier alpha value is -1.78. The zero-order chi connectivity index (χ0) is 12.0. The highest BCUT2D eigenvalue weighted by Crippen LogP contribution is 2.53. The van der Waals surface area contributed by atoms with Gasteiger partial charge in [-0.15, -0.1) is 0 Å². The Balaban J connectivity index is 2.50. The molecule has 0 aliphatic heterocycles. The van der Waals surface area contributed by atoms with E-state index in [1.54, 1.807) is 6.07 Å². The number of aliphatic carboxylic acids is 1. The zero-order valence-corrected chi connectivity index (χ0v) is 7.95. The number of carboxylic acids is 1. The summed E-state index contributed by atoms with van der Waals surface area (Å²) in [6.07, 6.45) is 0.344. The second-order valence-electron chi connectivity index (χ2n) is 3.51. The van der Waals surface area contributed by atoms with Crippen molar-refractivity contribution in [1.29, 1.82) is 0 Å². The third-order valence-corrected chi connectivity index (χ3v) is 2.54. The van der Waals surface area contributed by atoms with Gasteiger partial charge in [0.25, 0.3) is 5.67 Å². The second-order valence-corrected chi connectivity index (χ2v) is 3.51. The molecule has 2 nitrogen and oxygen atoms in total. The summed E-state index contributed by atoms with van der Waals surface area (Å²) < 4.78 is 39.6. The highest BCUT2D eigenvalue weighted by atomic mass is 19.3. The number of allylic oxidation sites excluding steroid dienone is 1. The molecule has 16 heavy (non-hydrogen) atoms. The highest BCUT2D eigenvalue weighted by Gasteiger charge is 2.69. The Bertz CT molecular complexity index is 467. The lowest BCUT2D eigenvalue weighted by atomic mass is 9.74. The first-order valence-electron chi connectivity index (χ1n) is 4.48. The van der Waals surface area contributed by atoms with Gasteiger partial charge in [0.15, 0.2) is 0 Å². The topological polar surface area (TPSA) is 37.3 Å². The number of alkyl halides is 3. The molecule has 0 spiro atoms. The summed E-state index contributed by atoms with van der Waals surface area (Å²) >= 11 is 0. The Kier molecular flexibility index (Phi) is 2.08. The van der Waals surface area contributed by atoms with E-state index in [0.29, 0.717) is 6.08 Å². The molecule has 2 rings (SSSR count). The van der Waals surface area contributed by atoms with E-state index < -0.39 is 23.1 Å². The van der Waals surface area contributed by atoms with Crippen molar-refractivity contribution in [3.63, 3.8) is 0 Å². The molecule has 1 unspecified atom stereocenters. The van der Waals surface area contributed by atoms with Gasteiger partial charge in [0.1, 0.15) is 0 Å². The molecule has 0 amide bonds. The van der Waals surface area contributed by atoms with Crippen molar-refractivity contribution in [3.8, 4) is 0 Å². The maximum atomic E-state index is 13.7. The number of benzene rings is 1. The maximum Gasteiger partial charge on any atom is 0.353 e. The van der Waals surface area contributed by atoms with Crippen LogP contribution in [-0.4, -0.2) is 22.7 Å². The van der Waals surface area contributed by atoms with Crippen LogP contribution in [0.2, 0.25) is 0 Å². The van der Waals surface area contributed by atoms with Crippen molar-refractivity contribution in [2.24, 2.45) is 0 Å². The van der Waals surface area contributed by atoms with Crippen LogP contribution >= 0.6 is 0 Å². The summed E-state index contributed by atoms with van der Waals surface area (Å²) in [5, 5.41) is 8.56. The molecule has 1 atom stereocenters. The molecule has 0 radical (unpaired) electrons. The van der Waals surface area contributed by atoms with Crippen LogP contribution in [0.1, 0.15) is 5.56 Å². The minimum absolute atomic E-state index is 0.151. The van der Waals surface area contributed by atoms with Crippen LogP contribution in [0, 0.1) is 0 Å². The predicted molar refractivity (Wildman–Crippen MR) is 50.8 cm³/mol. The summed E-state index contributed by atoms with van der Waals surface area (Å²) in [4.78, 5) is 10.6. The minimum Gasteiger partial charge on any atom is -0.478 e. The molecule has 1 aliphatic carbocycles. The van der Waals surface area contributed by atoms with Crippen LogP contribution in [0.15, 0.2) is 36.4 Å². The minimum atomic E-state index is -3.95. The fraction of sp³-hybridized carbons (Fsp3) is 0.182. The molecule has 1 aromatic carbocycles. The van der Waals surface area contributed by atoms with Crippen LogP contribution in [0.3, 0.4) is 0 Å². The van der Waals surface area contributed by atoms with Crippen LogP contribution in [0.5, 0.6) is 0 Å². The lowest BCUT2D eigenvalue weighted by Crippen LogP contribution is -2.57. The van der Waals surface area contributed by atoms with Gasteiger partial charge in [-0.25, -0.2) is 9.18 Å². The molecule has 0 heterocycles. The molecular weight excluding hydrogens is 221 g/mol. The van der Waals surface area contributed by atoms with E-state index in [2.05, 4.69) is 0 Å². The molecule has 0 saturated carbocycles. The van der Waals surface area contributed by atoms with Crippen LogP contribution in [0.4, 0.5) is 13.2 Å². The van der Waals surface area contributed by atoms with Gasteiger partial charge in [0.2, 0.25) is 0 Å². The van der Waals surface area contributed by atoms with E-state index >= 15 is 0 Å². The second kappa shape index (κ2) is 3.10. The molecule has 5 heteroatoms. The van der Waals surface area contributed by atoms with Crippen LogP contribution < -0.4 is 0 Å². The van der Waals surface area contributed by atoms with Gasteiger partial charge in [0.05, 0.1) is 0 Å². The highest BCUT2D eigenvalue weighted by molar-refractivity contribution is 6.02. The average Bonchev–Trinajstić information content (AvgIpc) is 2.26. The Morgan fingerprint density at radius 3 is 2.12 bits per heavy atom. The van der Waals surface area contributed by atoms with Crippen molar-refractivity contribution in [1.82, 2.24) is 0 Å². The number of halogens is 3. The van der Waals surface area contributed by atoms with Crippen molar-refractivity contribution in [3.05, 3.63) is 42.0 Å². The van der Waals surface area contributed by atoms with E-state index in [1.807, 2.05) is 0 Å². The lowest BCUT2D eigenvalue weighted by Gasteiger charge is -2.38. The predicted octanol–water partition coefficient (Wildman–Crippen LogP) is 2.51. The van der Waals surface area contributed by atoms with Crippen molar-refractivity contribution >= 4 is 11.5 Å². The molecule has 0 fully saturated rings. The molecule has 0 aromatic heterocycles. The standard InChI is InChI=1S/C11H7F3O2/c12-10(13)6-8(11(10,14)9(15)16)7-4-2-1-3-5-7/h1-6H,(H,15,16). The van der Waals surface area contributed by atoms with Gasteiger partial charge in [0, 0.05) is 5.57 Å². The monoisotopic (exact) mass is 228 g/mol. The summed E-state index contributed by atoms with van der Waals surface area (Å²) in [7, 11) is 0. The first-order chi connectivity index (χ1) is 7.39. The largest absolute Gasteiger partial charge is 0.478 e. The average molecular weight is 228 g/mol. The van der Waals surface area contributed by atoms with E-state index in [0.717, 1.165) is 0 Å². The normalized spacial score (nSPS) is 26.8. The van der Waals surface area contributed by atoms with Gasteiger partial charge in [-0.1, -0.05) is 30.3 Å². The smallest absolute Gasteiger partial charge is 0.353 e. The van der Waals surface area contributed by atoms with Gasteiger partial charge in [-0.05, 0) is 11.6 Å². The number of carboxylic acid groups (broad SMARTS) is 1. The summed E-state index contributed by atoms with van der Waals surface area (Å²) in [6, 6.07) is 7.45.